The van der Waals surface area contributed by atoms with Crippen molar-refractivity contribution in [2.75, 3.05) is 4.90 Å². The van der Waals surface area contributed by atoms with E-state index in [2.05, 4.69) is 274 Å². The maximum Gasteiger partial charge on any atom is 0.0714 e. The number of anilines is 3. The molecule has 0 radical (unpaired) electrons. The Kier molecular flexibility index (Phi) is 10.6. The molecule has 0 saturated heterocycles. The second kappa shape index (κ2) is 17.6. The number of hydrogen-bond donors (Lipinski definition) is 0. The molecule has 0 amide bonds. The van der Waals surface area contributed by atoms with Gasteiger partial charge in [0, 0.05) is 17.1 Å². The molecule has 2 fully saturated rings. The zero-order chi connectivity index (χ0) is 49.4. The lowest BCUT2D eigenvalue weighted by atomic mass is 9.54. The van der Waals surface area contributed by atoms with Crippen molar-refractivity contribution in [2.24, 2.45) is 17.8 Å². The lowest BCUT2D eigenvalue weighted by Crippen LogP contribution is -2.42. The summed E-state index contributed by atoms with van der Waals surface area (Å²) in [5.41, 5.74) is 22.0. The maximum atomic E-state index is 2.52. The van der Waals surface area contributed by atoms with Crippen molar-refractivity contribution in [2.45, 2.75) is 62.2 Å². The van der Waals surface area contributed by atoms with Gasteiger partial charge >= 0.3 is 0 Å². The van der Waals surface area contributed by atoms with Gasteiger partial charge in [0.05, 0.1) is 10.8 Å². The number of benzene rings is 10. The summed E-state index contributed by atoms with van der Waals surface area (Å²) in [6.07, 6.45) is 6.78. The zero-order valence-electron chi connectivity index (χ0n) is 42.5. The number of hydrogen-bond acceptors (Lipinski definition) is 1. The predicted octanol–water partition coefficient (Wildman–Crippen LogP) is 18.7. The van der Waals surface area contributed by atoms with Crippen LogP contribution in [-0.4, -0.2) is 0 Å². The molecular formula is C73H61N. The summed E-state index contributed by atoms with van der Waals surface area (Å²) >= 11 is 0. The number of nitrogens with zero attached hydrogens (tertiary/aromatic N) is 1. The molecule has 0 N–H and O–H groups in total. The highest BCUT2D eigenvalue weighted by Crippen LogP contribution is 2.60. The van der Waals surface area contributed by atoms with Crippen LogP contribution in [0.1, 0.15) is 96.0 Å². The lowest BCUT2D eigenvalue weighted by molar-refractivity contribution is 0.0780. The van der Waals surface area contributed by atoms with Crippen LogP contribution in [0.2, 0.25) is 0 Å². The Morgan fingerprint density at radius 1 is 0.311 bits per heavy atom. The van der Waals surface area contributed by atoms with Gasteiger partial charge in [-0.15, -0.1) is 0 Å². The molecule has 10 aromatic rings. The molecule has 2 atom stereocenters. The molecular weight excluding hydrogens is 891 g/mol. The van der Waals surface area contributed by atoms with Crippen molar-refractivity contribution in [3.05, 3.63) is 305 Å². The van der Waals surface area contributed by atoms with Gasteiger partial charge in [-0.25, -0.2) is 0 Å². The summed E-state index contributed by atoms with van der Waals surface area (Å²) in [4.78, 5) is 2.52. The highest BCUT2D eigenvalue weighted by atomic mass is 15.1. The molecule has 0 spiro atoms. The summed E-state index contributed by atoms with van der Waals surface area (Å²) in [6.45, 7) is 4.98. The van der Waals surface area contributed by atoms with Gasteiger partial charge in [-0.1, -0.05) is 232 Å². The summed E-state index contributed by atoms with van der Waals surface area (Å²) in [6, 6.07) is 96.5. The minimum atomic E-state index is -0.534. The largest absolute Gasteiger partial charge is 0.310 e. The van der Waals surface area contributed by atoms with Crippen molar-refractivity contribution in [1.29, 1.82) is 0 Å². The third-order valence-corrected chi connectivity index (χ3v) is 18.0. The molecule has 358 valence electrons. The number of fused-ring (bicyclic) bond motifs is 8. The molecule has 0 aliphatic heterocycles. The maximum absolute atomic E-state index is 2.52. The fraction of sp³-hybridized carbons (Fsp3) is 0.178. The molecule has 2 saturated carbocycles. The predicted molar refractivity (Wildman–Crippen MR) is 308 cm³/mol. The highest BCUT2D eigenvalue weighted by molar-refractivity contribution is 5.92. The standard InChI is InChI=1S/C73H61N/c1-50-43-52-44-51(2)48-71(47-50,49-52)55-35-31-53(32-36-55)54-33-37-60(38-34-54)74(61-39-41-65-63-27-15-17-29-67(63)72(69(65)45-61,56-19-7-3-8-20-56)57-21-9-4-10-22-57)62-40-42-66-64-28-16-18-30-68(64)73(70(66)46-62,58-23-11-5-12-24-58)59-25-13-6-14-26-59/h3-42,45-46,50-52H,43-44,47-49H2,1-2H3. The first-order valence-electron chi connectivity index (χ1n) is 27.2. The fourth-order valence-electron chi connectivity index (χ4n) is 15.5. The van der Waals surface area contributed by atoms with Crippen LogP contribution in [0.25, 0.3) is 33.4 Å². The molecule has 1 nitrogen and oxygen atoms in total. The van der Waals surface area contributed by atoms with Crippen molar-refractivity contribution in [1.82, 2.24) is 0 Å². The quantitative estimate of drug-likeness (QED) is 0.139. The van der Waals surface area contributed by atoms with Crippen molar-refractivity contribution < 1.29 is 0 Å². The minimum absolute atomic E-state index is 0.314. The summed E-state index contributed by atoms with van der Waals surface area (Å²) < 4.78 is 0. The van der Waals surface area contributed by atoms with Crippen LogP contribution >= 0.6 is 0 Å². The lowest BCUT2D eigenvalue weighted by Gasteiger charge is -2.50. The molecule has 74 heavy (non-hydrogen) atoms. The SMILES string of the molecule is CC1CC2CC(C)CC(c3ccc(-c4ccc(N(c5ccc6c(c5)C(c5ccccc5)(c5ccccc5)c5ccccc5-6)c5ccc6c(c5)C(c5ccccc5)(c5ccccc5)c5ccccc5-6)cc4)cc3)(C1)C2. The molecule has 1 heteroatoms. The van der Waals surface area contributed by atoms with E-state index in [-0.39, 0.29) is 0 Å². The topological polar surface area (TPSA) is 3.24 Å². The summed E-state index contributed by atoms with van der Waals surface area (Å²) in [5.74, 6) is 2.44. The van der Waals surface area contributed by atoms with E-state index in [4.69, 9.17) is 0 Å². The van der Waals surface area contributed by atoms with E-state index in [0.717, 1.165) is 34.8 Å². The second-order valence-electron chi connectivity index (χ2n) is 22.4. The van der Waals surface area contributed by atoms with E-state index < -0.39 is 10.8 Å². The molecule has 0 heterocycles. The normalized spacial score (nSPS) is 20.4. The van der Waals surface area contributed by atoms with E-state index in [1.165, 1.54) is 110 Å². The Labute approximate surface area is 437 Å². The van der Waals surface area contributed by atoms with Crippen LogP contribution in [0.5, 0.6) is 0 Å². The van der Waals surface area contributed by atoms with Crippen molar-refractivity contribution in [3.8, 4) is 33.4 Å². The van der Waals surface area contributed by atoms with E-state index in [9.17, 15) is 0 Å². The first kappa shape index (κ1) is 44.7. The molecule has 2 bridgehead atoms. The Balaban J connectivity index is 0.960. The molecule has 4 aliphatic rings. The van der Waals surface area contributed by atoms with Gasteiger partial charge in [-0.3, -0.25) is 0 Å². The third kappa shape index (κ3) is 6.82. The van der Waals surface area contributed by atoms with E-state index in [0.29, 0.717) is 5.41 Å². The average Bonchev–Trinajstić information content (AvgIpc) is 3.92. The van der Waals surface area contributed by atoms with Crippen LogP contribution in [0.4, 0.5) is 17.1 Å². The third-order valence-electron chi connectivity index (χ3n) is 18.0. The molecule has 4 aliphatic carbocycles. The smallest absolute Gasteiger partial charge is 0.0714 e. The highest BCUT2D eigenvalue weighted by Gasteiger charge is 2.49. The monoisotopic (exact) mass is 951 g/mol. The van der Waals surface area contributed by atoms with Gasteiger partial charge in [0.25, 0.3) is 0 Å². The fourth-order valence-corrected chi connectivity index (χ4v) is 15.5. The molecule has 2 unspecified atom stereocenters. The first-order valence-corrected chi connectivity index (χ1v) is 27.2. The Hall–Kier alpha value is -8.00. The Bertz CT molecular complexity index is 3390. The van der Waals surface area contributed by atoms with Crippen LogP contribution in [-0.2, 0) is 16.2 Å². The van der Waals surface area contributed by atoms with Gasteiger partial charge in [0.2, 0.25) is 0 Å². The zero-order valence-corrected chi connectivity index (χ0v) is 42.5. The summed E-state index contributed by atoms with van der Waals surface area (Å²) in [5, 5.41) is 0. The molecule has 10 aromatic carbocycles. The second-order valence-corrected chi connectivity index (χ2v) is 22.4. The van der Waals surface area contributed by atoms with Gasteiger partial charge in [-0.05, 0) is 175 Å². The van der Waals surface area contributed by atoms with Crippen molar-refractivity contribution in [3.63, 3.8) is 0 Å². The minimum Gasteiger partial charge on any atom is -0.310 e. The molecule has 0 aromatic heterocycles. The van der Waals surface area contributed by atoms with E-state index in [1.807, 2.05) is 0 Å². The van der Waals surface area contributed by atoms with E-state index >= 15 is 0 Å². The van der Waals surface area contributed by atoms with Crippen LogP contribution in [0, 0.1) is 17.8 Å². The van der Waals surface area contributed by atoms with Crippen LogP contribution < -0.4 is 4.90 Å². The molecule has 14 rings (SSSR count). The number of rotatable bonds is 9. The van der Waals surface area contributed by atoms with Crippen LogP contribution in [0.3, 0.4) is 0 Å². The first-order chi connectivity index (χ1) is 36.4. The Morgan fingerprint density at radius 3 is 1.08 bits per heavy atom. The van der Waals surface area contributed by atoms with E-state index in [1.54, 1.807) is 5.56 Å². The van der Waals surface area contributed by atoms with Gasteiger partial charge in [0.1, 0.15) is 0 Å². The van der Waals surface area contributed by atoms with Gasteiger partial charge in [-0.2, -0.15) is 0 Å². The average molecular weight is 952 g/mol. The van der Waals surface area contributed by atoms with Gasteiger partial charge in [0.15, 0.2) is 0 Å². The summed E-state index contributed by atoms with van der Waals surface area (Å²) in [7, 11) is 0. The van der Waals surface area contributed by atoms with Gasteiger partial charge < -0.3 is 4.90 Å². The van der Waals surface area contributed by atoms with Crippen molar-refractivity contribution >= 4 is 17.1 Å². The Morgan fingerprint density at radius 2 is 0.662 bits per heavy atom. The van der Waals surface area contributed by atoms with Crippen LogP contribution in [0.15, 0.2) is 255 Å².